The summed E-state index contributed by atoms with van der Waals surface area (Å²) in [6, 6.07) is 14.0. The van der Waals surface area contributed by atoms with Crippen LogP contribution in [0.1, 0.15) is 22.7 Å². The van der Waals surface area contributed by atoms with E-state index in [1.54, 1.807) is 0 Å². The van der Waals surface area contributed by atoms with Gasteiger partial charge in [-0.3, -0.25) is 4.90 Å². The molecule has 0 spiro atoms. The number of fused-ring (bicyclic) bond motifs is 1. The Labute approximate surface area is 168 Å². The lowest BCUT2D eigenvalue weighted by molar-refractivity contribution is 0.200. The van der Waals surface area contributed by atoms with E-state index in [1.165, 1.54) is 0 Å². The molecule has 0 fully saturated rings. The molecule has 8 heteroatoms. The summed E-state index contributed by atoms with van der Waals surface area (Å²) in [7, 11) is 0. The fraction of sp³-hybridized carbons (Fsp3) is 0.286. The number of furan rings is 1. The average molecular weight is 390 g/mol. The minimum absolute atomic E-state index is 0.0912. The largest absolute Gasteiger partial charge is 0.460 e. The van der Waals surface area contributed by atoms with Crippen LogP contribution in [0, 0.1) is 6.92 Å². The molecule has 4 aromatic rings. The van der Waals surface area contributed by atoms with E-state index in [1.807, 2.05) is 58.8 Å². The first-order valence-corrected chi connectivity index (χ1v) is 9.66. The summed E-state index contributed by atoms with van der Waals surface area (Å²) in [4.78, 5) is 2.32. The number of rotatable bonds is 5. The highest BCUT2D eigenvalue weighted by molar-refractivity contribution is 5.58. The molecule has 0 saturated heterocycles. The Bertz CT molecular complexity index is 1110. The Hall–Kier alpha value is -3.23. The minimum atomic E-state index is -0.0912. The van der Waals surface area contributed by atoms with Crippen LogP contribution in [0.15, 0.2) is 53.1 Å². The summed E-state index contributed by atoms with van der Waals surface area (Å²) in [6.07, 6.45) is 2.07. The second kappa shape index (κ2) is 7.31. The van der Waals surface area contributed by atoms with Crippen LogP contribution in [0.25, 0.3) is 17.1 Å². The number of para-hydroxylation sites is 1. The van der Waals surface area contributed by atoms with Gasteiger partial charge in [0.05, 0.1) is 24.5 Å². The summed E-state index contributed by atoms with van der Waals surface area (Å²) in [5.41, 5.74) is 4.57. The van der Waals surface area contributed by atoms with Gasteiger partial charge in [-0.05, 0) is 31.2 Å². The van der Waals surface area contributed by atoms with E-state index in [4.69, 9.17) is 9.52 Å². The van der Waals surface area contributed by atoms with Gasteiger partial charge in [-0.15, -0.1) is 5.10 Å². The summed E-state index contributed by atoms with van der Waals surface area (Å²) < 4.78 is 9.66. The Kier molecular flexibility index (Phi) is 4.49. The Balaban J connectivity index is 1.48. The van der Waals surface area contributed by atoms with E-state index < -0.39 is 0 Å². The molecule has 5 rings (SSSR count). The minimum Gasteiger partial charge on any atom is -0.460 e. The van der Waals surface area contributed by atoms with Crippen LogP contribution in [0.2, 0.25) is 0 Å². The zero-order valence-corrected chi connectivity index (χ0v) is 16.2. The molecule has 0 radical (unpaired) electrons. The van der Waals surface area contributed by atoms with Crippen LogP contribution in [0.3, 0.4) is 0 Å². The number of benzene rings is 1. The van der Waals surface area contributed by atoms with Gasteiger partial charge in [-0.25, -0.2) is 9.36 Å². The van der Waals surface area contributed by atoms with Crippen LogP contribution in [-0.4, -0.2) is 41.3 Å². The maximum Gasteiger partial charge on any atom is 0.154 e. The van der Waals surface area contributed by atoms with Crippen molar-refractivity contribution in [3.05, 3.63) is 71.4 Å². The molecule has 1 aromatic carbocycles. The standard InChI is InChI=1S/C21H22N6O2/c1-15-7-8-20(29-15)21-16(12-27(23-21)17-5-3-2-4-6-17)11-25-9-10-26-19(13-25)18(14-28)22-24-26/h2-8,12,28H,9-11,13-14H2,1H3. The number of hydrogen-bond donors (Lipinski definition) is 1. The highest BCUT2D eigenvalue weighted by atomic mass is 16.3. The van der Waals surface area contributed by atoms with Crippen molar-refractivity contribution in [3.8, 4) is 17.1 Å². The lowest BCUT2D eigenvalue weighted by Gasteiger charge is -2.27. The fourth-order valence-electron chi connectivity index (χ4n) is 3.75. The van der Waals surface area contributed by atoms with Crippen molar-refractivity contribution in [2.45, 2.75) is 33.2 Å². The zero-order valence-electron chi connectivity index (χ0n) is 16.2. The Morgan fingerprint density at radius 1 is 1.10 bits per heavy atom. The molecule has 0 bridgehead atoms. The van der Waals surface area contributed by atoms with Crippen LogP contribution < -0.4 is 0 Å². The third-order valence-electron chi connectivity index (χ3n) is 5.25. The molecule has 29 heavy (non-hydrogen) atoms. The van der Waals surface area contributed by atoms with E-state index >= 15 is 0 Å². The fourth-order valence-corrected chi connectivity index (χ4v) is 3.75. The highest BCUT2D eigenvalue weighted by Gasteiger charge is 2.24. The van der Waals surface area contributed by atoms with Gasteiger partial charge in [0, 0.05) is 31.4 Å². The van der Waals surface area contributed by atoms with Crippen molar-refractivity contribution in [1.82, 2.24) is 29.7 Å². The SMILES string of the molecule is Cc1ccc(-c2nn(-c3ccccc3)cc2CN2CCn3nnc(CO)c3C2)o1. The molecule has 0 amide bonds. The van der Waals surface area contributed by atoms with Crippen LogP contribution in [0.4, 0.5) is 0 Å². The predicted molar refractivity (Wildman–Crippen MR) is 106 cm³/mol. The highest BCUT2D eigenvalue weighted by Crippen LogP contribution is 2.28. The molecule has 0 aliphatic carbocycles. The molecule has 4 heterocycles. The smallest absolute Gasteiger partial charge is 0.154 e. The monoisotopic (exact) mass is 390 g/mol. The van der Waals surface area contributed by atoms with Crippen LogP contribution >= 0.6 is 0 Å². The van der Waals surface area contributed by atoms with E-state index in [-0.39, 0.29) is 6.61 Å². The second-order valence-corrected chi connectivity index (χ2v) is 7.27. The lowest BCUT2D eigenvalue weighted by atomic mass is 10.1. The van der Waals surface area contributed by atoms with E-state index in [9.17, 15) is 5.11 Å². The van der Waals surface area contributed by atoms with Crippen LogP contribution in [-0.2, 0) is 26.2 Å². The third-order valence-corrected chi connectivity index (χ3v) is 5.25. The van der Waals surface area contributed by atoms with Crippen molar-refractivity contribution in [2.75, 3.05) is 6.54 Å². The molecular weight excluding hydrogens is 368 g/mol. The quantitative estimate of drug-likeness (QED) is 0.564. The molecule has 0 saturated carbocycles. The average Bonchev–Trinajstić information content (AvgIpc) is 3.46. The predicted octanol–water partition coefficient (Wildman–Crippen LogP) is 2.54. The molecule has 0 atom stereocenters. The van der Waals surface area contributed by atoms with E-state index in [0.29, 0.717) is 12.2 Å². The van der Waals surface area contributed by atoms with Gasteiger partial charge in [0.2, 0.25) is 0 Å². The van der Waals surface area contributed by atoms with Crippen molar-refractivity contribution >= 4 is 0 Å². The van der Waals surface area contributed by atoms with Gasteiger partial charge in [0.25, 0.3) is 0 Å². The molecule has 1 N–H and O–H groups in total. The summed E-state index contributed by atoms with van der Waals surface area (Å²) >= 11 is 0. The van der Waals surface area contributed by atoms with Crippen molar-refractivity contribution in [1.29, 1.82) is 0 Å². The number of nitrogens with zero attached hydrogens (tertiary/aromatic N) is 6. The van der Waals surface area contributed by atoms with Gasteiger partial charge in [-0.1, -0.05) is 23.4 Å². The topological polar surface area (TPSA) is 85.1 Å². The first-order valence-electron chi connectivity index (χ1n) is 9.66. The first kappa shape index (κ1) is 17.8. The number of aryl methyl sites for hydroxylation is 1. The van der Waals surface area contributed by atoms with E-state index in [0.717, 1.165) is 53.8 Å². The Morgan fingerprint density at radius 3 is 2.72 bits per heavy atom. The third kappa shape index (κ3) is 3.37. The van der Waals surface area contributed by atoms with Gasteiger partial charge in [0.1, 0.15) is 17.1 Å². The molecule has 148 valence electrons. The van der Waals surface area contributed by atoms with Crippen molar-refractivity contribution < 1.29 is 9.52 Å². The van der Waals surface area contributed by atoms with Gasteiger partial charge in [0.15, 0.2) is 5.76 Å². The van der Waals surface area contributed by atoms with Gasteiger partial charge < -0.3 is 9.52 Å². The maximum absolute atomic E-state index is 9.52. The van der Waals surface area contributed by atoms with Crippen molar-refractivity contribution in [3.63, 3.8) is 0 Å². The maximum atomic E-state index is 9.52. The van der Waals surface area contributed by atoms with Crippen molar-refractivity contribution in [2.24, 2.45) is 0 Å². The van der Waals surface area contributed by atoms with Gasteiger partial charge in [-0.2, -0.15) is 5.10 Å². The van der Waals surface area contributed by atoms with Crippen LogP contribution in [0.5, 0.6) is 0 Å². The summed E-state index contributed by atoms with van der Waals surface area (Å²) in [6.45, 7) is 4.87. The summed E-state index contributed by atoms with van der Waals surface area (Å²) in [5.74, 6) is 1.63. The molecule has 3 aromatic heterocycles. The number of aliphatic hydroxyl groups is 1. The zero-order chi connectivity index (χ0) is 19.8. The number of aromatic nitrogens is 5. The summed E-state index contributed by atoms with van der Waals surface area (Å²) in [5, 5.41) is 22.6. The second-order valence-electron chi connectivity index (χ2n) is 7.27. The molecule has 1 aliphatic heterocycles. The lowest BCUT2D eigenvalue weighted by Crippen LogP contribution is -2.34. The van der Waals surface area contributed by atoms with Gasteiger partial charge >= 0.3 is 0 Å². The van der Waals surface area contributed by atoms with E-state index in [2.05, 4.69) is 21.4 Å². The molecular formula is C21H22N6O2. The molecule has 8 nitrogen and oxygen atoms in total. The first-order chi connectivity index (χ1) is 14.2. The Morgan fingerprint density at radius 2 is 1.97 bits per heavy atom. The molecule has 1 aliphatic rings. The number of hydrogen-bond acceptors (Lipinski definition) is 6. The normalized spacial score (nSPS) is 14.3. The number of aliphatic hydroxyl groups excluding tert-OH is 1. The molecule has 0 unspecified atom stereocenters.